The normalized spacial score (nSPS) is 12.2. The molecule has 0 aromatic carbocycles. The molecule has 0 spiro atoms. The van der Waals surface area contributed by atoms with Crippen molar-refractivity contribution >= 4 is 33.4 Å². The van der Waals surface area contributed by atoms with Crippen molar-refractivity contribution in [2.45, 2.75) is 26.5 Å². The number of nitrogens with one attached hydrogen (secondary N) is 1. The molecule has 23 heavy (non-hydrogen) atoms. The first-order valence-corrected chi connectivity index (χ1v) is 7.57. The van der Waals surface area contributed by atoms with E-state index in [1.165, 1.54) is 21.1 Å². The minimum absolute atomic E-state index is 0.223. The van der Waals surface area contributed by atoms with Crippen LogP contribution in [0.15, 0.2) is 0 Å². The third kappa shape index (κ3) is 3.40. The number of carboxylic acid groups (broad SMARTS) is 1. The quantitative estimate of drug-likeness (QED) is 0.817. The second-order valence-corrected chi connectivity index (χ2v) is 5.85. The standard InChI is InChI=1S/C14H17N3O5S/c1-6-9-12(22-4)16-8(5-21-3)17-13(9)23-10(6)11(18)15-7(2)14(19)20/h7H,5H2,1-4H3,(H,15,18)(H,19,20). The zero-order chi connectivity index (χ0) is 17.1. The summed E-state index contributed by atoms with van der Waals surface area (Å²) < 4.78 is 10.3. The summed E-state index contributed by atoms with van der Waals surface area (Å²) in [5, 5.41) is 12.0. The molecule has 2 aromatic rings. The molecule has 0 fully saturated rings. The number of aromatic nitrogens is 2. The molecule has 0 aliphatic heterocycles. The number of hydrogen-bond donors (Lipinski definition) is 2. The number of fused-ring (bicyclic) bond motifs is 1. The molecular weight excluding hydrogens is 322 g/mol. The molecule has 9 heteroatoms. The van der Waals surface area contributed by atoms with Gasteiger partial charge < -0.3 is 19.9 Å². The van der Waals surface area contributed by atoms with Crippen LogP contribution in [0.3, 0.4) is 0 Å². The van der Waals surface area contributed by atoms with E-state index in [4.69, 9.17) is 14.6 Å². The molecule has 2 heterocycles. The summed E-state index contributed by atoms with van der Waals surface area (Å²) in [6.45, 7) is 3.38. The number of amides is 1. The zero-order valence-electron chi connectivity index (χ0n) is 13.2. The Morgan fingerprint density at radius 2 is 2.04 bits per heavy atom. The highest BCUT2D eigenvalue weighted by Gasteiger charge is 2.23. The molecule has 1 amide bonds. The van der Waals surface area contributed by atoms with E-state index in [-0.39, 0.29) is 6.61 Å². The first kappa shape index (κ1) is 17.1. The number of methoxy groups -OCH3 is 2. The number of aliphatic carboxylic acids is 1. The Kier molecular flexibility index (Phi) is 5.12. The summed E-state index contributed by atoms with van der Waals surface area (Å²) in [6, 6.07) is -0.982. The van der Waals surface area contributed by atoms with Crippen LogP contribution in [-0.4, -0.2) is 47.2 Å². The molecule has 2 N–H and O–H groups in total. The van der Waals surface area contributed by atoms with Crippen LogP contribution in [0.5, 0.6) is 5.88 Å². The number of rotatable bonds is 6. The van der Waals surface area contributed by atoms with Gasteiger partial charge in [0, 0.05) is 7.11 Å². The zero-order valence-corrected chi connectivity index (χ0v) is 14.0. The molecule has 2 aromatic heterocycles. The van der Waals surface area contributed by atoms with E-state index in [0.717, 1.165) is 11.3 Å². The predicted molar refractivity (Wildman–Crippen MR) is 84.0 cm³/mol. The van der Waals surface area contributed by atoms with E-state index in [2.05, 4.69) is 15.3 Å². The lowest BCUT2D eigenvalue weighted by molar-refractivity contribution is -0.138. The predicted octanol–water partition coefficient (Wildman–Crippen LogP) is 1.36. The van der Waals surface area contributed by atoms with E-state index >= 15 is 0 Å². The largest absolute Gasteiger partial charge is 0.480 e. The fourth-order valence-electron chi connectivity index (χ4n) is 2.03. The fourth-order valence-corrected chi connectivity index (χ4v) is 3.12. The Balaban J connectivity index is 2.48. The Morgan fingerprint density at radius 3 is 2.61 bits per heavy atom. The van der Waals surface area contributed by atoms with E-state index < -0.39 is 17.9 Å². The molecule has 1 unspecified atom stereocenters. The number of carboxylic acids is 1. The Morgan fingerprint density at radius 1 is 1.35 bits per heavy atom. The summed E-state index contributed by atoms with van der Waals surface area (Å²) in [7, 11) is 3.02. The molecule has 0 bridgehead atoms. The molecule has 8 nitrogen and oxygen atoms in total. The van der Waals surface area contributed by atoms with Crippen molar-refractivity contribution in [2.75, 3.05) is 14.2 Å². The maximum atomic E-state index is 12.3. The van der Waals surface area contributed by atoms with Crippen LogP contribution in [0.2, 0.25) is 0 Å². The lowest BCUT2D eigenvalue weighted by Gasteiger charge is -2.08. The van der Waals surface area contributed by atoms with E-state index in [1.807, 2.05) is 0 Å². The Labute approximate surface area is 136 Å². The highest BCUT2D eigenvalue weighted by atomic mass is 32.1. The van der Waals surface area contributed by atoms with Crippen molar-refractivity contribution in [1.29, 1.82) is 0 Å². The second kappa shape index (κ2) is 6.88. The molecule has 1 atom stereocenters. The molecule has 0 saturated heterocycles. The van der Waals surface area contributed by atoms with Crippen molar-refractivity contribution in [3.8, 4) is 5.88 Å². The molecule has 0 aliphatic rings. The molecule has 0 saturated carbocycles. The summed E-state index contributed by atoms with van der Waals surface area (Å²) in [5.41, 5.74) is 0.654. The van der Waals surface area contributed by atoms with Crippen LogP contribution >= 0.6 is 11.3 Å². The van der Waals surface area contributed by atoms with Gasteiger partial charge in [0.25, 0.3) is 5.91 Å². The summed E-state index contributed by atoms with van der Waals surface area (Å²) in [5.74, 6) is -0.752. The number of ether oxygens (including phenoxy) is 2. The van der Waals surface area contributed by atoms with Crippen molar-refractivity contribution in [3.63, 3.8) is 0 Å². The smallest absolute Gasteiger partial charge is 0.325 e. The number of carbonyl (C=O) groups is 2. The molecule has 0 aliphatic carbocycles. The Bertz CT molecular complexity index is 758. The van der Waals surface area contributed by atoms with Gasteiger partial charge in [0.1, 0.15) is 17.5 Å². The van der Waals surface area contributed by atoms with Gasteiger partial charge in [0.15, 0.2) is 5.82 Å². The van der Waals surface area contributed by atoms with Crippen LogP contribution in [-0.2, 0) is 16.1 Å². The lowest BCUT2D eigenvalue weighted by Crippen LogP contribution is -2.38. The average Bonchev–Trinajstić information content (AvgIpc) is 2.84. The second-order valence-electron chi connectivity index (χ2n) is 4.85. The Hall–Kier alpha value is -2.26. The molecule has 124 valence electrons. The van der Waals surface area contributed by atoms with Crippen LogP contribution in [0, 0.1) is 6.92 Å². The number of hydrogen-bond acceptors (Lipinski definition) is 7. The van der Waals surface area contributed by atoms with Gasteiger partial charge in [-0.3, -0.25) is 9.59 Å². The minimum Gasteiger partial charge on any atom is -0.480 e. The van der Waals surface area contributed by atoms with Crippen molar-refractivity contribution in [3.05, 3.63) is 16.3 Å². The highest BCUT2D eigenvalue weighted by molar-refractivity contribution is 7.20. The van der Waals surface area contributed by atoms with E-state index in [0.29, 0.717) is 32.4 Å². The van der Waals surface area contributed by atoms with Crippen LogP contribution in [0.25, 0.3) is 10.2 Å². The third-order valence-corrected chi connectivity index (χ3v) is 4.38. The van der Waals surface area contributed by atoms with Crippen molar-refractivity contribution in [2.24, 2.45) is 0 Å². The first-order chi connectivity index (χ1) is 10.9. The van der Waals surface area contributed by atoms with Gasteiger partial charge in [-0.1, -0.05) is 0 Å². The van der Waals surface area contributed by atoms with Gasteiger partial charge in [-0.25, -0.2) is 4.98 Å². The van der Waals surface area contributed by atoms with Gasteiger partial charge >= 0.3 is 5.97 Å². The summed E-state index contributed by atoms with van der Waals surface area (Å²) in [6.07, 6.45) is 0. The van der Waals surface area contributed by atoms with Crippen LogP contribution < -0.4 is 10.1 Å². The minimum atomic E-state index is -1.10. The number of aryl methyl sites for hydroxylation is 1. The van der Waals surface area contributed by atoms with E-state index in [1.54, 1.807) is 6.92 Å². The summed E-state index contributed by atoms with van der Waals surface area (Å²) >= 11 is 1.16. The highest BCUT2D eigenvalue weighted by Crippen LogP contribution is 2.35. The van der Waals surface area contributed by atoms with Crippen molar-refractivity contribution < 1.29 is 24.2 Å². The number of carbonyl (C=O) groups excluding carboxylic acids is 1. The fraction of sp³-hybridized carbons (Fsp3) is 0.429. The molecule has 2 rings (SSSR count). The maximum Gasteiger partial charge on any atom is 0.325 e. The lowest BCUT2D eigenvalue weighted by atomic mass is 10.2. The molecular formula is C14H17N3O5S. The SMILES string of the molecule is COCc1nc(OC)c2c(C)c(C(=O)NC(C)C(=O)O)sc2n1. The van der Waals surface area contributed by atoms with Crippen LogP contribution in [0.1, 0.15) is 28.0 Å². The van der Waals surface area contributed by atoms with Gasteiger partial charge in [0.05, 0.1) is 17.4 Å². The first-order valence-electron chi connectivity index (χ1n) is 6.75. The third-order valence-electron chi connectivity index (χ3n) is 3.19. The summed E-state index contributed by atoms with van der Waals surface area (Å²) in [4.78, 5) is 32.7. The topological polar surface area (TPSA) is 111 Å². The maximum absolute atomic E-state index is 12.3. The van der Waals surface area contributed by atoms with Gasteiger partial charge in [-0.15, -0.1) is 11.3 Å². The number of thiophene rings is 1. The van der Waals surface area contributed by atoms with Gasteiger partial charge in [-0.2, -0.15) is 4.98 Å². The van der Waals surface area contributed by atoms with Gasteiger partial charge in [-0.05, 0) is 19.4 Å². The molecule has 0 radical (unpaired) electrons. The average molecular weight is 339 g/mol. The number of nitrogens with zero attached hydrogens (tertiary/aromatic N) is 2. The van der Waals surface area contributed by atoms with Crippen LogP contribution in [0.4, 0.5) is 0 Å². The van der Waals surface area contributed by atoms with E-state index in [9.17, 15) is 9.59 Å². The van der Waals surface area contributed by atoms with Gasteiger partial charge in [0.2, 0.25) is 5.88 Å². The monoisotopic (exact) mass is 339 g/mol. The van der Waals surface area contributed by atoms with Crippen molar-refractivity contribution in [1.82, 2.24) is 15.3 Å².